The van der Waals surface area contributed by atoms with E-state index in [0.29, 0.717) is 11.7 Å². The minimum atomic E-state index is -1.25. The van der Waals surface area contributed by atoms with Gasteiger partial charge in [-0.2, -0.15) is 0 Å². The molecule has 1 rings (SSSR count). The summed E-state index contributed by atoms with van der Waals surface area (Å²) in [4.78, 5) is 14.0. The molecule has 0 aliphatic heterocycles. The number of carbonyl (C=O) groups excluding carboxylic acids is 1. The number of thiazole rings is 1. The molecular formula is C7H7KN2O2S. The number of aromatic carboxylic acids is 1. The van der Waals surface area contributed by atoms with Gasteiger partial charge in [-0.05, 0) is 0 Å². The van der Waals surface area contributed by atoms with Crippen molar-refractivity contribution in [2.24, 2.45) is 0 Å². The van der Waals surface area contributed by atoms with Gasteiger partial charge in [-0.15, -0.1) is 17.9 Å². The fraction of sp³-hybridized carbons (Fsp3) is 0.143. The second-order valence-electron chi connectivity index (χ2n) is 1.99. The van der Waals surface area contributed by atoms with Crippen LogP contribution in [0.3, 0.4) is 0 Å². The Morgan fingerprint density at radius 2 is 2.54 bits per heavy atom. The molecule has 0 aromatic carbocycles. The molecule has 0 spiro atoms. The predicted octanol–water partition coefficient (Wildman–Crippen LogP) is -2.89. The third-order valence-electron chi connectivity index (χ3n) is 1.11. The van der Waals surface area contributed by atoms with Gasteiger partial charge in [0.2, 0.25) is 0 Å². The molecule has 0 aliphatic rings. The smallest absolute Gasteiger partial charge is 0.543 e. The molecule has 0 bridgehead atoms. The fourth-order valence-electron chi connectivity index (χ4n) is 0.608. The van der Waals surface area contributed by atoms with Gasteiger partial charge in [0.1, 0.15) is 0 Å². The van der Waals surface area contributed by atoms with Gasteiger partial charge in [-0.25, -0.2) is 4.98 Å². The van der Waals surface area contributed by atoms with E-state index < -0.39 is 5.97 Å². The first kappa shape index (κ1) is 13.3. The van der Waals surface area contributed by atoms with Gasteiger partial charge < -0.3 is 15.2 Å². The number of hydrogen-bond donors (Lipinski definition) is 1. The Morgan fingerprint density at radius 3 is 3.00 bits per heavy atom. The molecule has 0 saturated carbocycles. The van der Waals surface area contributed by atoms with Crippen molar-refractivity contribution >= 4 is 22.4 Å². The van der Waals surface area contributed by atoms with E-state index in [1.807, 2.05) is 0 Å². The van der Waals surface area contributed by atoms with Crippen LogP contribution in [0.4, 0.5) is 5.13 Å². The summed E-state index contributed by atoms with van der Waals surface area (Å²) in [6.45, 7) is 4.07. The van der Waals surface area contributed by atoms with Crippen molar-refractivity contribution in [1.82, 2.24) is 4.98 Å². The predicted molar refractivity (Wildman–Crippen MR) is 45.1 cm³/mol. The molecule has 4 nitrogen and oxygen atoms in total. The van der Waals surface area contributed by atoms with Crippen molar-refractivity contribution in [3.8, 4) is 0 Å². The van der Waals surface area contributed by atoms with Gasteiger partial charge in [-0.3, -0.25) is 0 Å². The Balaban J connectivity index is 0.00000144. The minimum absolute atomic E-state index is 0. The Morgan fingerprint density at radius 1 is 1.85 bits per heavy atom. The van der Waals surface area contributed by atoms with E-state index in [1.165, 1.54) is 16.7 Å². The van der Waals surface area contributed by atoms with Crippen molar-refractivity contribution < 1.29 is 61.3 Å². The van der Waals surface area contributed by atoms with Crippen molar-refractivity contribution in [2.75, 3.05) is 11.9 Å². The Hall–Kier alpha value is 0.276. The molecule has 0 atom stereocenters. The van der Waals surface area contributed by atoms with Gasteiger partial charge in [0.05, 0.1) is 11.7 Å². The molecule has 1 aromatic heterocycles. The van der Waals surface area contributed by atoms with Crippen LogP contribution in [0.15, 0.2) is 18.0 Å². The number of anilines is 1. The van der Waals surface area contributed by atoms with Gasteiger partial charge in [-0.1, -0.05) is 6.08 Å². The average molecular weight is 222 g/mol. The maximum absolute atomic E-state index is 10.3. The van der Waals surface area contributed by atoms with E-state index in [9.17, 15) is 9.90 Å². The Labute approximate surface area is 122 Å². The summed E-state index contributed by atoms with van der Waals surface area (Å²) in [7, 11) is 0. The minimum Gasteiger partial charge on any atom is -0.543 e. The average Bonchev–Trinajstić information content (AvgIpc) is 2.48. The van der Waals surface area contributed by atoms with Gasteiger partial charge in [0.15, 0.2) is 5.13 Å². The summed E-state index contributed by atoms with van der Waals surface area (Å²) in [5, 5.41) is 15.1. The molecule has 1 heterocycles. The second kappa shape index (κ2) is 6.69. The largest absolute Gasteiger partial charge is 1.00 e. The zero-order valence-corrected chi connectivity index (χ0v) is 11.2. The number of carboxylic acids is 1. The summed E-state index contributed by atoms with van der Waals surface area (Å²) >= 11 is 1.23. The summed E-state index contributed by atoms with van der Waals surface area (Å²) in [5.41, 5.74) is -0.0356. The van der Waals surface area contributed by atoms with Crippen LogP contribution in [0.1, 0.15) is 10.5 Å². The molecule has 0 fully saturated rings. The zero-order valence-electron chi connectivity index (χ0n) is 7.24. The summed E-state index contributed by atoms with van der Waals surface area (Å²) in [6.07, 6.45) is 1.67. The molecule has 0 radical (unpaired) electrons. The molecule has 1 aromatic rings. The van der Waals surface area contributed by atoms with Crippen LogP contribution < -0.4 is 61.8 Å². The SMILES string of the molecule is C=CCNc1nc(C(=O)[O-])cs1.[K+]. The van der Waals surface area contributed by atoms with Gasteiger partial charge in [0, 0.05) is 11.9 Å². The quantitative estimate of drug-likeness (QED) is 0.439. The topological polar surface area (TPSA) is 65.0 Å². The van der Waals surface area contributed by atoms with E-state index in [-0.39, 0.29) is 57.1 Å². The van der Waals surface area contributed by atoms with Crippen molar-refractivity contribution in [3.05, 3.63) is 23.7 Å². The van der Waals surface area contributed by atoms with Crippen LogP contribution >= 0.6 is 11.3 Å². The van der Waals surface area contributed by atoms with Crippen molar-refractivity contribution in [1.29, 1.82) is 0 Å². The zero-order chi connectivity index (χ0) is 8.97. The third kappa shape index (κ3) is 4.34. The summed E-state index contributed by atoms with van der Waals surface area (Å²) in [5.74, 6) is -1.25. The molecule has 0 aliphatic carbocycles. The van der Waals surface area contributed by atoms with Crippen LogP contribution in [0.2, 0.25) is 0 Å². The van der Waals surface area contributed by atoms with E-state index in [2.05, 4.69) is 16.9 Å². The van der Waals surface area contributed by atoms with Crippen LogP contribution in [0, 0.1) is 0 Å². The summed E-state index contributed by atoms with van der Waals surface area (Å²) in [6, 6.07) is 0. The standard InChI is InChI=1S/C7H8N2O2S.K/c1-2-3-8-7-9-5(4-12-7)6(10)11;/h2,4H,1,3H2,(H,8,9)(H,10,11);/q;+1/p-1. The molecule has 64 valence electrons. The number of nitrogens with one attached hydrogen (secondary N) is 1. The first-order valence-corrected chi connectivity index (χ1v) is 4.13. The Kier molecular flexibility index (Phi) is 6.83. The second-order valence-corrected chi connectivity index (χ2v) is 2.85. The van der Waals surface area contributed by atoms with Crippen molar-refractivity contribution in [2.45, 2.75) is 0 Å². The first-order chi connectivity index (χ1) is 5.74. The third-order valence-corrected chi connectivity index (χ3v) is 1.91. The van der Waals surface area contributed by atoms with Gasteiger partial charge in [0.25, 0.3) is 0 Å². The van der Waals surface area contributed by atoms with E-state index in [0.717, 1.165) is 0 Å². The normalized spacial score (nSPS) is 8.62. The van der Waals surface area contributed by atoms with E-state index >= 15 is 0 Å². The number of rotatable bonds is 4. The summed E-state index contributed by atoms with van der Waals surface area (Å²) < 4.78 is 0. The fourth-order valence-corrected chi connectivity index (χ4v) is 1.30. The van der Waals surface area contributed by atoms with E-state index in [4.69, 9.17) is 0 Å². The number of hydrogen-bond acceptors (Lipinski definition) is 5. The monoisotopic (exact) mass is 222 g/mol. The maximum atomic E-state index is 10.3. The number of carboxylic acid groups (broad SMARTS) is 1. The molecule has 6 heteroatoms. The van der Waals surface area contributed by atoms with Crippen molar-refractivity contribution in [3.63, 3.8) is 0 Å². The molecular weight excluding hydrogens is 215 g/mol. The van der Waals surface area contributed by atoms with E-state index in [1.54, 1.807) is 6.08 Å². The number of aromatic nitrogens is 1. The van der Waals surface area contributed by atoms with Crippen LogP contribution in [-0.2, 0) is 0 Å². The molecule has 1 N–H and O–H groups in total. The van der Waals surface area contributed by atoms with Crippen LogP contribution in [0.5, 0.6) is 0 Å². The van der Waals surface area contributed by atoms with Gasteiger partial charge >= 0.3 is 51.4 Å². The van der Waals surface area contributed by atoms with Crippen LogP contribution in [-0.4, -0.2) is 17.5 Å². The molecule has 0 unspecified atom stereocenters. The maximum Gasteiger partial charge on any atom is 1.00 e. The number of carbonyl (C=O) groups is 1. The van der Waals surface area contributed by atoms with Crippen LogP contribution in [0.25, 0.3) is 0 Å². The molecule has 0 saturated heterocycles. The molecule has 0 amide bonds. The molecule has 13 heavy (non-hydrogen) atoms. The number of nitrogens with zero attached hydrogens (tertiary/aromatic N) is 1. The Bertz CT molecular complexity index is 300. The first-order valence-electron chi connectivity index (χ1n) is 3.25.